The predicted molar refractivity (Wildman–Crippen MR) is 99.5 cm³/mol. The molecule has 2 aromatic carbocycles. The van der Waals surface area contributed by atoms with Gasteiger partial charge in [0.1, 0.15) is 23.4 Å². The Morgan fingerprint density at radius 1 is 1.25 bits per heavy atom. The van der Waals surface area contributed by atoms with E-state index in [0.29, 0.717) is 11.4 Å². The molecule has 28 heavy (non-hydrogen) atoms. The number of aromatic nitrogens is 2. The zero-order valence-electron chi connectivity index (χ0n) is 14.6. The van der Waals surface area contributed by atoms with Gasteiger partial charge < -0.3 is 9.88 Å². The Kier molecular flexibility index (Phi) is 5.12. The molecule has 0 radical (unpaired) electrons. The van der Waals surface area contributed by atoms with E-state index in [1.54, 1.807) is 24.0 Å². The number of nitrogens with one attached hydrogen (secondary N) is 1. The summed E-state index contributed by atoms with van der Waals surface area (Å²) < 4.78 is 38.1. The number of nitrogens with two attached hydrogens (primary N) is 1. The van der Waals surface area contributed by atoms with Crippen molar-refractivity contribution in [2.24, 2.45) is 12.2 Å². The Labute approximate surface area is 159 Å². The molecule has 0 aliphatic rings. The number of sulfonamides is 1. The molecule has 146 valence electrons. The maximum Gasteiger partial charge on any atom is 0.293 e. The number of anilines is 1. The number of nitro benzene ring substituents is 1. The minimum absolute atomic E-state index is 0.0646. The maximum atomic E-state index is 13.3. The summed E-state index contributed by atoms with van der Waals surface area (Å²) in [6.45, 7) is 0. The van der Waals surface area contributed by atoms with Gasteiger partial charge in [0.05, 0.1) is 9.82 Å². The predicted octanol–water partition coefficient (Wildman–Crippen LogP) is 2.32. The molecule has 9 nitrogen and oxygen atoms in total. The topological polar surface area (TPSA) is 133 Å². The van der Waals surface area contributed by atoms with Crippen LogP contribution < -0.4 is 10.5 Å². The first kappa shape index (κ1) is 19.5. The van der Waals surface area contributed by atoms with E-state index in [1.807, 2.05) is 0 Å². The van der Waals surface area contributed by atoms with Crippen molar-refractivity contribution in [3.05, 3.63) is 82.2 Å². The van der Waals surface area contributed by atoms with Gasteiger partial charge in [0.2, 0.25) is 10.0 Å². The molecule has 3 aromatic rings. The highest BCUT2D eigenvalue weighted by Gasteiger charge is 2.24. The second-order valence-electron chi connectivity index (χ2n) is 6.01. The minimum atomic E-state index is -4.10. The average molecular weight is 405 g/mol. The monoisotopic (exact) mass is 405 g/mol. The summed E-state index contributed by atoms with van der Waals surface area (Å²) in [5.74, 6) is 0.0993. The van der Waals surface area contributed by atoms with Crippen molar-refractivity contribution in [1.29, 1.82) is 0 Å². The number of hydrogen-bond acceptors (Lipinski definition) is 6. The van der Waals surface area contributed by atoms with Crippen LogP contribution in [0.3, 0.4) is 0 Å². The summed E-state index contributed by atoms with van der Waals surface area (Å²) >= 11 is 0. The van der Waals surface area contributed by atoms with Crippen molar-refractivity contribution in [3.8, 4) is 0 Å². The zero-order chi connectivity index (χ0) is 20.5. The van der Waals surface area contributed by atoms with Crippen LogP contribution in [-0.2, 0) is 17.1 Å². The van der Waals surface area contributed by atoms with Crippen molar-refractivity contribution in [3.63, 3.8) is 0 Å². The number of rotatable bonds is 6. The number of aryl methyl sites for hydroxylation is 1. The van der Waals surface area contributed by atoms with Gasteiger partial charge in [-0.25, -0.2) is 22.9 Å². The van der Waals surface area contributed by atoms with Crippen molar-refractivity contribution in [1.82, 2.24) is 9.55 Å². The number of benzene rings is 2. The molecule has 3 N–H and O–H groups in total. The van der Waals surface area contributed by atoms with Gasteiger partial charge in [0, 0.05) is 25.5 Å². The lowest BCUT2D eigenvalue weighted by molar-refractivity contribution is -0.384. The lowest BCUT2D eigenvalue weighted by Crippen LogP contribution is -2.18. The number of primary sulfonamides is 1. The van der Waals surface area contributed by atoms with E-state index in [4.69, 9.17) is 5.14 Å². The normalized spacial score (nSPS) is 12.5. The summed E-state index contributed by atoms with van der Waals surface area (Å²) in [6.07, 6.45) is 3.26. The molecule has 0 amide bonds. The van der Waals surface area contributed by atoms with Crippen LogP contribution in [0.4, 0.5) is 15.8 Å². The van der Waals surface area contributed by atoms with Crippen molar-refractivity contribution < 1.29 is 17.7 Å². The minimum Gasteiger partial charge on any atom is -0.366 e. The Morgan fingerprint density at radius 2 is 1.93 bits per heavy atom. The maximum absolute atomic E-state index is 13.3. The summed E-state index contributed by atoms with van der Waals surface area (Å²) in [5, 5.41) is 19.5. The molecule has 0 aliphatic heterocycles. The van der Waals surface area contributed by atoms with Gasteiger partial charge >= 0.3 is 0 Å². The molecule has 0 fully saturated rings. The van der Waals surface area contributed by atoms with E-state index >= 15 is 0 Å². The first-order valence-electron chi connectivity index (χ1n) is 7.97. The Bertz CT molecular complexity index is 1130. The van der Waals surface area contributed by atoms with Crippen LogP contribution in [-0.4, -0.2) is 22.9 Å². The van der Waals surface area contributed by atoms with E-state index in [2.05, 4.69) is 10.3 Å². The second-order valence-corrected chi connectivity index (χ2v) is 7.57. The van der Waals surface area contributed by atoms with Crippen LogP contribution in [0.1, 0.15) is 17.4 Å². The lowest BCUT2D eigenvalue weighted by Gasteiger charge is -2.20. The molecule has 3 rings (SSSR count). The molecular formula is C17H16FN5O4S. The Balaban J connectivity index is 2.10. The third kappa shape index (κ3) is 4.00. The molecule has 0 spiro atoms. The van der Waals surface area contributed by atoms with Gasteiger partial charge in [-0.1, -0.05) is 12.1 Å². The molecule has 0 saturated heterocycles. The van der Waals surface area contributed by atoms with Crippen LogP contribution in [0.25, 0.3) is 0 Å². The van der Waals surface area contributed by atoms with Gasteiger partial charge in [-0.2, -0.15) is 0 Å². The fraction of sp³-hybridized carbons (Fsp3) is 0.118. The molecule has 0 aliphatic carbocycles. The number of hydrogen-bond donors (Lipinski definition) is 2. The van der Waals surface area contributed by atoms with Gasteiger partial charge in [-0.3, -0.25) is 10.1 Å². The fourth-order valence-corrected chi connectivity index (χ4v) is 3.26. The largest absolute Gasteiger partial charge is 0.366 e. The molecule has 1 heterocycles. The van der Waals surface area contributed by atoms with E-state index in [0.717, 1.165) is 6.07 Å². The highest BCUT2D eigenvalue weighted by molar-refractivity contribution is 7.89. The zero-order valence-corrected chi connectivity index (χ0v) is 15.4. The van der Waals surface area contributed by atoms with Gasteiger partial charge in [-0.15, -0.1) is 0 Å². The summed E-state index contributed by atoms with van der Waals surface area (Å²) in [7, 11) is -2.35. The van der Waals surface area contributed by atoms with E-state index < -0.39 is 32.5 Å². The van der Waals surface area contributed by atoms with Gasteiger partial charge in [0.25, 0.3) is 5.69 Å². The van der Waals surface area contributed by atoms with E-state index in [9.17, 15) is 22.9 Å². The Morgan fingerprint density at radius 3 is 2.46 bits per heavy atom. The standard InChI is InChI=1S/C17H16FN5O4S/c1-22-9-8-20-17(22)16(11-2-4-12(18)5-3-11)21-14-7-6-13(28(19,26)27)10-15(14)23(24)25/h2-10,16,21H,1H3,(H2,19,26,27)/t16-/m0/s1. The smallest absolute Gasteiger partial charge is 0.293 e. The summed E-state index contributed by atoms with van der Waals surface area (Å²) in [4.78, 5) is 14.7. The molecule has 11 heteroatoms. The van der Waals surface area contributed by atoms with Crippen LogP contribution in [0.2, 0.25) is 0 Å². The SMILES string of the molecule is Cn1ccnc1[C@@H](Nc1ccc(S(N)(=O)=O)cc1[N+](=O)[O-])c1ccc(F)cc1. The van der Waals surface area contributed by atoms with Crippen molar-refractivity contribution in [2.45, 2.75) is 10.9 Å². The molecule has 0 unspecified atom stereocenters. The van der Waals surface area contributed by atoms with Gasteiger partial charge in [-0.05, 0) is 29.8 Å². The fourth-order valence-electron chi connectivity index (χ4n) is 2.72. The van der Waals surface area contributed by atoms with Crippen molar-refractivity contribution in [2.75, 3.05) is 5.32 Å². The molecular weight excluding hydrogens is 389 g/mol. The number of nitrogens with zero attached hydrogens (tertiary/aromatic N) is 3. The van der Waals surface area contributed by atoms with Crippen LogP contribution in [0, 0.1) is 15.9 Å². The molecule has 0 bridgehead atoms. The van der Waals surface area contributed by atoms with Crippen LogP contribution >= 0.6 is 0 Å². The van der Waals surface area contributed by atoms with E-state index in [-0.39, 0.29) is 10.6 Å². The second kappa shape index (κ2) is 7.37. The third-order valence-electron chi connectivity index (χ3n) is 4.11. The van der Waals surface area contributed by atoms with Crippen molar-refractivity contribution >= 4 is 21.4 Å². The van der Waals surface area contributed by atoms with Gasteiger partial charge in [0.15, 0.2) is 0 Å². The Hall–Kier alpha value is -3.31. The first-order chi connectivity index (χ1) is 13.2. The number of halogens is 1. The molecule has 1 aromatic heterocycles. The highest BCUT2D eigenvalue weighted by atomic mass is 32.2. The third-order valence-corrected chi connectivity index (χ3v) is 5.03. The molecule has 0 saturated carbocycles. The highest BCUT2D eigenvalue weighted by Crippen LogP contribution is 2.32. The van der Waals surface area contributed by atoms with Crippen LogP contribution in [0.15, 0.2) is 59.8 Å². The average Bonchev–Trinajstić information content (AvgIpc) is 3.05. The first-order valence-corrected chi connectivity index (χ1v) is 9.52. The summed E-state index contributed by atoms with van der Waals surface area (Å²) in [6, 6.07) is 8.27. The lowest BCUT2D eigenvalue weighted by atomic mass is 10.1. The molecule has 1 atom stereocenters. The quantitative estimate of drug-likeness (QED) is 0.478. The number of imidazole rings is 1. The van der Waals surface area contributed by atoms with Crippen LogP contribution in [0.5, 0.6) is 0 Å². The summed E-state index contributed by atoms with van der Waals surface area (Å²) in [5.41, 5.74) is 0.211. The van der Waals surface area contributed by atoms with E-state index in [1.165, 1.54) is 36.4 Å². The number of nitro groups is 1.